The van der Waals surface area contributed by atoms with Crippen LogP contribution in [0.2, 0.25) is 0 Å². The lowest BCUT2D eigenvalue weighted by molar-refractivity contribution is -0.145. The third-order valence-electron chi connectivity index (χ3n) is 6.71. The molecule has 0 amide bonds. The number of ether oxygens (including phenoxy) is 1. The Morgan fingerprint density at radius 1 is 1.25 bits per heavy atom. The minimum atomic E-state index is -0.958. The van der Waals surface area contributed by atoms with Crippen LogP contribution in [0.4, 0.5) is 5.82 Å². The van der Waals surface area contributed by atoms with E-state index in [1.165, 1.54) is 6.33 Å². The van der Waals surface area contributed by atoms with Crippen LogP contribution in [0, 0.1) is 6.92 Å². The van der Waals surface area contributed by atoms with Crippen molar-refractivity contribution in [3.05, 3.63) is 41.9 Å². The van der Waals surface area contributed by atoms with E-state index >= 15 is 0 Å². The van der Waals surface area contributed by atoms with Gasteiger partial charge in [0.1, 0.15) is 29.9 Å². The minimum Gasteiger partial charge on any atom is -0.495 e. The number of aryl methyl sites for hydroxylation is 1. The molecule has 188 valence electrons. The van der Waals surface area contributed by atoms with Gasteiger partial charge < -0.3 is 20.4 Å². The maximum Gasteiger partial charge on any atom is 0.321 e. The number of fused-ring (bicyclic) bond motifs is 2. The molecule has 10 nitrogen and oxygen atoms in total. The third kappa shape index (κ3) is 4.41. The van der Waals surface area contributed by atoms with Crippen molar-refractivity contribution in [2.75, 3.05) is 39.0 Å². The zero-order valence-electron chi connectivity index (χ0n) is 20.2. The molecule has 1 unspecified atom stereocenters. The average Bonchev–Trinajstić information content (AvgIpc) is 3.45. The molecule has 3 N–H and O–H groups in total. The summed E-state index contributed by atoms with van der Waals surface area (Å²) < 4.78 is 8.55. The van der Waals surface area contributed by atoms with Gasteiger partial charge in [-0.05, 0) is 36.1 Å². The van der Waals surface area contributed by atoms with E-state index in [-0.39, 0.29) is 6.42 Å². The number of nitrogen functional groups attached to an aromatic ring is 1. The SMILES string of the molecule is COc1cc(C)cc2cc(-c3cc(CN4CCN(C(CC=O)C(=O)O)CC4)n4ncnc(N)c34)sc12. The van der Waals surface area contributed by atoms with Gasteiger partial charge in [0, 0.05) is 49.6 Å². The van der Waals surface area contributed by atoms with Gasteiger partial charge in [-0.1, -0.05) is 6.07 Å². The van der Waals surface area contributed by atoms with Crippen LogP contribution >= 0.6 is 11.3 Å². The first-order valence-electron chi connectivity index (χ1n) is 11.7. The van der Waals surface area contributed by atoms with Crippen molar-refractivity contribution < 1.29 is 19.4 Å². The molecule has 0 bridgehead atoms. The highest BCUT2D eigenvalue weighted by Crippen LogP contribution is 2.42. The first-order valence-corrected chi connectivity index (χ1v) is 12.5. The predicted octanol–water partition coefficient (Wildman–Crippen LogP) is 2.67. The van der Waals surface area contributed by atoms with Crippen LogP contribution < -0.4 is 10.5 Å². The number of benzene rings is 1. The van der Waals surface area contributed by atoms with Crippen LogP contribution in [0.5, 0.6) is 5.75 Å². The van der Waals surface area contributed by atoms with Gasteiger partial charge in [-0.2, -0.15) is 5.10 Å². The molecule has 1 aromatic carbocycles. The summed E-state index contributed by atoms with van der Waals surface area (Å²) in [5.41, 5.74) is 10.2. The minimum absolute atomic E-state index is 0.00227. The molecule has 1 atom stereocenters. The standard InChI is InChI=1S/C25H28N6O4S/c1-15-9-16-11-21(36-23(16)20(10-15)35-2)18-12-17(31-22(18)24(26)27-14-28-31)13-29-4-6-30(7-5-29)19(3-8-32)25(33)34/h8-12,14,19H,3-7,13H2,1-2H3,(H,33,34)(H2,26,27,28). The van der Waals surface area contributed by atoms with E-state index in [0.717, 1.165) is 43.1 Å². The van der Waals surface area contributed by atoms with Gasteiger partial charge in [0.25, 0.3) is 0 Å². The maximum absolute atomic E-state index is 11.6. The van der Waals surface area contributed by atoms with Crippen molar-refractivity contribution in [3.63, 3.8) is 0 Å². The highest BCUT2D eigenvalue weighted by atomic mass is 32.1. The van der Waals surface area contributed by atoms with Gasteiger partial charge in [0.2, 0.25) is 0 Å². The molecule has 11 heteroatoms. The second-order valence-electron chi connectivity index (χ2n) is 9.02. The van der Waals surface area contributed by atoms with E-state index in [2.05, 4.69) is 33.2 Å². The van der Waals surface area contributed by atoms with Crippen LogP contribution in [0.3, 0.4) is 0 Å². The Morgan fingerprint density at radius 3 is 2.72 bits per heavy atom. The number of aromatic nitrogens is 3. The number of methoxy groups -OCH3 is 1. The predicted molar refractivity (Wildman–Crippen MR) is 138 cm³/mol. The van der Waals surface area contributed by atoms with Crippen molar-refractivity contribution in [2.45, 2.75) is 25.9 Å². The number of hydrogen-bond donors (Lipinski definition) is 2. The second-order valence-corrected chi connectivity index (χ2v) is 10.1. The van der Waals surface area contributed by atoms with E-state index in [9.17, 15) is 14.7 Å². The van der Waals surface area contributed by atoms with Crippen molar-refractivity contribution in [1.82, 2.24) is 24.4 Å². The highest BCUT2D eigenvalue weighted by molar-refractivity contribution is 7.22. The molecular formula is C25H28N6O4S. The Labute approximate surface area is 211 Å². The van der Waals surface area contributed by atoms with E-state index in [1.54, 1.807) is 18.4 Å². The molecular weight excluding hydrogens is 480 g/mol. The number of thiophene rings is 1. The number of carbonyl (C=O) groups is 2. The smallest absolute Gasteiger partial charge is 0.321 e. The van der Waals surface area contributed by atoms with Gasteiger partial charge in [0.05, 0.1) is 17.5 Å². The summed E-state index contributed by atoms with van der Waals surface area (Å²) in [7, 11) is 1.68. The molecule has 0 aliphatic carbocycles. The molecule has 1 aliphatic rings. The van der Waals surface area contributed by atoms with Crippen LogP contribution in [-0.2, 0) is 16.1 Å². The number of aliphatic carboxylic acids is 1. The lowest BCUT2D eigenvalue weighted by Crippen LogP contribution is -2.52. The second kappa shape index (κ2) is 9.84. The van der Waals surface area contributed by atoms with Crippen molar-refractivity contribution >= 4 is 45.0 Å². The molecule has 0 radical (unpaired) electrons. The van der Waals surface area contributed by atoms with E-state index in [0.29, 0.717) is 44.8 Å². The van der Waals surface area contributed by atoms with Crippen molar-refractivity contribution in [2.24, 2.45) is 0 Å². The van der Waals surface area contributed by atoms with Gasteiger partial charge in [-0.15, -0.1) is 11.3 Å². The molecule has 4 heterocycles. The molecule has 0 spiro atoms. The van der Waals surface area contributed by atoms with E-state index < -0.39 is 12.0 Å². The van der Waals surface area contributed by atoms with Gasteiger partial charge in [0.15, 0.2) is 5.82 Å². The number of carboxylic acid groups (broad SMARTS) is 1. The zero-order chi connectivity index (χ0) is 25.4. The maximum atomic E-state index is 11.6. The number of hydrogen-bond acceptors (Lipinski definition) is 9. The lowest BCUT2D eigenvalue weighted by atomic mass is 10.1. The monoisotopic (exact) mass is 508 g/mol. The number of piperazine rings is 1. The average molecular weight is 509 g/mol. The molecule has 5 rings (SSSR count). The summed E-state index contributed by atoms with van der Waals surface area (Å²) in [5, 5.41) is 15.1. The van der Waals surface area contributed by atoms with Crippen molar-refractivity contribution in [1.29, 1.82) is 0 Å². The molecule has 0 saturated carbocycles. The van der Waals surface area contributed by atoms with Crippen LogP contribution in [0.25, 0.3) is 26.0 Å². The fourth-order valence-corrected chi connectivity index (χ4v) is 6.09. The van der Waals surface area contributed by atoms with Crippen LogP contribution in [0.15, 0.2) is 30.6 Å². The molecule has 4 aromatic rings. The summed E-state index contributed by atoms with van der Waals surface area (Å²) in [4.78, 5) is 31.9. The van der Waals surface area contributed by atoms with E-state index in [1.807, 2.05) is 22.4 Å². The van der Waals surface area contributed by atoms with Gasteiger partial charge in [-0.25, -0.2) is 9.50 Å². The fourth-order valence-electron chi connectivity index (χ4n) is 4.94. The Morgan fingerprint density at radius 2 is 2.03 bits per heavy atom. The van der Waals surface area contributed by atoms with Crippen molar-refractivity contribution in [3.8, 4) is 16.2 Å². The summed E-state index contributed by atoms with van der Waals surface area (Å²) in [6, 6.07) is 7.67. The molecule has 1 fully saturated rings. The number of carbonyl (C=O) groups excluding carboxylic acids is 1. The first kappa shape index (κ1) is 24.2. The summed E-state index contributed by atoms with van der Waals surface area (Å²) in [6.07, 6.45) is 2.13. The number of nitrogens with two attached hydrogens (primary N) is 1. The largest absolute Gasteiger partial charge is 0.495 e. The fraction of sp³-hybridized carbons (Fsp3) is 0.360. The topological polar surface area (TPSA) is 126 Å². The van der Waals surface area contributed by atoms with Crippen LogP contribution in [-0.4, -0.2) is 81.1 Å². The number of carboxylic acids is 1. The van der Waals surface area contributed by atoms with Crippen LogP contribution in [0.1, 0.15) is 17.7 Å². The Balaban J connectivity index is 1.45. The molecule has 1 saturated heterocycles. The van der Waals surface area contributed by atoms with Gasteiger partial charge >= 0.3 is 5.97 Å². The number of nitrogens with zero attached hydrogens (tertiary/aromatic N) is 5. The Hall–Kier alpha value is -3.54. The third-order valence-corrected chi connectivity index (χ3v) is 7.90. The number of anilines is 1. The zero-order valence-corrected chi connectivity index (χ0v) is 21.0. The Bertz CT molecular complexity index is 1440. The molecule has 3 aromatic heterocycles. The molecule has 36 heavy (non-hydrogen) atoms. The number of rotatable bonds is 8. The first-order chi connectivity index (χ1) is 17.4. The quantitative estimate of drug-likeness (QED) is 0.345. The molecule has 1 aliphatic heterocycles. The summed E-state index contributed by atoms with van der Waals surface area (Å²) in [6.45, 7) is 5.20. The highest BCUT2D eigenvalue weighted by Gasteiger charge is 2.29. The number of aldehydes is 1. The normalized spacial score (nSPS) is 15.9. The van der Waals surface area contributed by atoms with Gasteiger partial charge in [-0.3, -0.25) is 14.6 Å². The summed E-state index contributed by atoms with van der Waals surface area (Å²) in [5.74, 6) is 0.302. The lowest BCUT2D eigenvalue weighted by Gasteiger charge is -2.37. The Kier molecular flexibility index (Phi) is 6.61. The summed E-state index contributed by atoms with van der Waals surface area (Å²) >= 11 is 1.65. The van der Waals surface area contributed by atoms with E-state index in [4.69, 9.17) is 10.5 Å².